The number of carbonyl (C=O) groups excluding carboxylic acids is 4. The van der Waals surface area contributed by atoms with E-state index < -0.39 is 53.4 Å². The van der Waals surface area contributed by atoms with Crippen molar-refractivity contribution in [1.29, 1.82) is 0 Å². The van der Waals surface area contributed by atoms with E-state index in [1.807, 2.05) is 0 Å². The molecule has 5 amide bonds. The van der Waals surface area contributed by atoms with Crippen molar-refractivity contribution < 1.29 is 33.8 Å². The molecule has 39 heavy (non-hydrogen) atoms. The van der Waals surface area contributed by atoms with Gasteiger partial charge in [0.1, 0.15) is 23.8 Å². The van der Waals surface area contributed by atoms with Crippen LogP contribution in [0.5, 0.6) is 5.88 Å². The van der Waals surface area contributed by atoms with Gasteiger partial charge in [-0.15, -0.1) is 0 Å². The van der Waals surface area contributed by atoms with Gasteiger partial charge in [0.05, 0.1) is 6.54 Å². The molecule has 1 saturated heterocycles. The van der Waals surface area contributed by atoms with Gasteiger partial charge in [0.15, 0.2) is 0 Å². The number of hydrogen-bond acceptors (Lipinski definition) is 7. The fourth-order valence-electron chi connectivity index (χ4n) is 5.51. The van der Waals surface area contributed by atoms with Gasteiger partial charge in [0.2, 0.25) is 29.2 Å². The highest BCUT2D eigenvalue weighted by molar-refractivity contribution is 6.03. The number of likely N-dealkylation sites (tertiary alicyclic amines) is 1. The molecule has 13 nitrogen and oxygen atoms in total. The van der Waals surface area contributed by atoms with E-state index in [2.05, 4.69) is 15.6 Å². The molecule has 1 aromatic heterocycles. The zero-order valence-electron chi connectivity index (χ0n) is 22.0. The molecule has 2 aliphatic heterocycles. The van der Waals surface area contributed by atoms with Crippen molar-refractivity contribution in [1.82, 2.24) is 20.1 Å². The van der Waals surface area contributed by atoms with Crippen LogP contribution in [0.2, 0.25) is 0 Å². The Hall–Kier alpha value is -3.90. The molecule has 0 bridgehead atoms. The number of ether oxygens (including phenoxy) is 1. The van der Waals surface area contributed by atoms with Gasteiger partial charge in [-0.3, -0.25) is 19.2 Å². The smallest absolute Gasteiger partial charge is 0.405 e. The highest BCUT2D eigenvalue weighted by Crippen LogP contribution is 2.41. The van der Waals surface area contributed by atoms with Crippen LogP contribution in [0.3, 0.4) is 0 Å². The molecule has 1 unspecified atom stereocenters. The molecule has 0 aromatic carbocycles. The summed E-state index contributed by atoms with van der Waals surface area (Å²) in [7, 11) is 1.48. The van der Waals surface area contributed by atoms with Crippen molar-refractivity contribution in [3.63, 3.8) is 0 Å². The number of amides is 5. The Morgan fingerprint density at radius 3 is 2.51 bits per heavy atom. The van der Waals surface area contributed by atoms with E-state index in [0.29, 0.717) is 24.2 Å². The number of aromatic nitrogens is 1. The zero-order valence-corrected chi connectivity index (χ0v) is 22.0. The van der Waals surface area contributed by atoms with Crippen molar-refractivity contribution in [2.45, 2.75) is 75.6 Å². The normalized spacial score (nSPS) is 25.2. The number of hydrogen-bond donors (Lipinski definition) is 4. The quantitative estimate of drug-likeness (QED) is 0.350. The average molecular weight is 543 g/mol. The lowest BCUT2D eigenvalue weighted by Crippen LogP contribution is -2.58. The van der Waals surface area contributed by atoms with Crippen LogP contribution < -0.4 is 21.1 Å². The summed E-state index contributed by atoms with van der Waals surface area (Å²) in [5.74, 6) is -1.67. The summed E-state index contributed by atoms with van der Waals surface area (Å²) in [6.45, 7) is 1.52. The highest BCUT2D eigenvalue weighted by Gasteiger charge is 2.58. The molecule has 5 rings (SSSR count). The lowest BCUT2D eigenvalue weighted by molar-refractivity contribution is -0.148. The monoisotopic (exact) mass is 542 g/mol. The molecule has 2 aliphatic carbocycles. The van der Waals surface area contributed by atoms with Crippen LogP contribution >= 0.6 is 0 Å². The van der Waals surface area contributed by atoms with Crippen molar-refractivity contribution in [2.75, 3.05) is 18.9 Å². The van der Waals surface area contributed by atoms with Gasteiger partial charge in [-0.25, -0.2) is 9.78 Å². The third-order valence-corrected chi connectivity index (χ3v) is 8.11. The average Bonchev–Trinajstić information content (AvgIpc) is 3.81. The zero-order chi connectivity index (χ0) is 28.1. The minimum atomic E-state index is -1.57. The topological polar surface area (TPSA) is 184 Å². The summed E-state index contributed by atoms with van der Waals surface area (Å²) in [4.78, 5) is 71.6. The SMILES string of the molecule is Cc1ccc2c(n1)OC1(C[C@@H](C(N)=O)N(C(=O)[C@H](CC3CC3)N(C)C(=O)[C@H](CC3CC3)NC(=O)O)C1)C(=O)N2. The summed E-state index contributed by atoms with van der Waals surface area (Å²) in [5.41, 5.74) is 5.18. The van der Waals surface area contributed by atoms with Crippen LogP contribution in [0.4, 0.5) is 10.5 Å². The first-order valence-corrected chi connectivity index (χ1v) is 13.3. The summed E-state index contributed by atoms with van der Waals surface area (Å²) in [6.07, 6.45) is 2.90. The number of carboxylic acid groups (broad SMARTS) is 1. The number of rotatable bonds is 9. The van der Waals surface area contributed by atoms with E-state index >= 15 is 0 Å². The maximum Gasteiger partial charge on any atom is 0.405 e. The number of primary amides is 1. The fraction of sp³-hybridized carbons (Fsp3) is 0.615. The summed E-state index contributed by atoms with van der Waals surface area (Å²) in [6, 6.07) is 0.311. The largest absolute Gasteiger partial charge is 0.465 e. The van der Waals surface area contributed by atoms with E-state index in [1.54, 1.807) is 19.1 Å². The minimum Gasteiger partial charge on any atom is -0.465 e. The van der Waals surface area contributed by atoms with E-state index in [9.17, 15) is 29.1 Å². The number of fused-ring (bicyclic) bond motifs is 1. The number of anilines is 1. The molecule has 210 valence electrons. The predicted molar refractivity (Wildman–Crippen MR) is 136 cm³/mol. The first-order valence-electron chi connectivity index (χ1n) is 13.3. The number of aryl methyl sites for hydroxylation is 1. The molecule has 13 heteroatoms. The first kappa shape index (κ1) is 26.7. The Bertz CT molecular complexity index is 1220. The molecule has 0 radical (unpaired) electrons. The van der Waals surface area contributed by atoms with Crippen LogP contribution in [0.25, 0.3) is 0 Å². The van der Waals surface area contributed by atoms with E-state index in [1.165, 1.54) is 16.8 Å². The third kappa shape index (κ3) is 5.48. The number of nitrogens with two attached hydrogens (primary N) is 1. The van der Waals surface area contributed by atoms with Crippen molar-refractivity contribution >= 4 is 35.4 Å². The lowest BCUT2D eigenvalue weighted by Gasteiger charge is -2.36. The van der Waals surface area contributed by atoms with Gasteiger partial charge in [0.25, 0.3) is 5.91 Å². The van der Waals surface area contributed by atoms with Crippen molar-refractivity contribution in [2.24, 2.45) is 17.6 Å². The van der Waals surface area contributed by atoms with Gasteiger partial charge in [-0.2, -0.15) is 0 Å². The molecule has 1 spiro atoms. The van der Waals surface area contributed by atoms with Crippen LogP contribution in [0.1, 0.15) is 50.6 Å². The highest BCUT2D eigenvalue weighted by atomic mass is 16.5. The van der Waals surface area contributed by atoms with Crippen LogP contribution in [-0.2, 0) is 19.2 Å². The van der Waals surface area contributed by atoms with Gasteiger partial charge in [0, 0.05) is 19.2 Å². The van der Waals surface area contributed by atoms with Crippen molar-refractivity contribution in [3.05, 3.63) is 17.8 Å². The second-order valence-corrected chi connectivity index (χ2v) is 11.3. The molecule has 3 fully saturated rings. The number of nitrogens with zero attached hydrogens (tertiary/aromatic N) is 3. The number of likely N-dealkylation sites (N-methyl/N-ethyl adjacent to an activating group) is 1. The summed E-state index contributed by atoms with van der Waals surface area (Å²) >= 11 is 0. The Labute approximate surface area is 225 Å². The molecule has 1 aromatic rings. The Morgan fingerprint density at radius 1 is 1.23 bits per heavy atom. The molecule has 5 N–H and O–H groups in total. The fourth-order valence-corrected chi connectivity index (χ4v) is 5.51. The maximum absolute atomic E-state index is 14.1. The number of carbonyl (C=O) groups is 5. The van der Waals surface area contributed by atoms with E-state index in [-0.39, 0.29) is 30.7 Å². The predicted octanol–water partition coefficient (Wildman–Crippen LogP) is 0.609. The van der Waals surface area contributed by atoms with Gasteiger partial charge in [-0.05, 0) is 43.7 Å². The molecule has 2 saturated carbocycles. The Morgan fingerprint density at radius 2 is 1.90 bits per heavy atom. The van der Waals surface area contributed by atoms with E-state index in [4.69, 9.17) is 10.5 Å². The Balaban J connectivity index is 1.41. The Kier molecular flexibility index (Phi) is 6.85. The lowest BCUT2D eigenvalue weighted by atomic mass is 9.97. The second-order valence-electron chi connectivity index (χ2n) is 11.3. The van der Waals surface area contributed by atoms with Crippen LogP contribution in [-0.4, -0.2) is 86.9 Å². The number of pyridine rings is 1. The van der Waals surface area contributed by atoms with Crippen LogP contribution in [0.15, 0.2) is 12.1 Å². The third-order valence-electron chi connectivity index (χ3n) is 8.11. The second kappa shape index (κ2) is 10.0. The summed E-state index contributed by atoms with van der Waals surface area (Å²) < 4.78 is 6.07. The van der Waals surface area contributed by atoms with Gasteiger partial charge >= 0.3 is 6.09 Å². The summed E-state index contributed by atoms with van der Waals surface area (Å²) in [5, 5.41) is 14.4. The van der Waals surface area contributed by atoms with Gasteiger partial charge in [-0.1, -0.05) is 25.7 Å². The molecule has 4 atom stereocenters. The molecular formula is C26H34N6O7. The molecular weight excluding hydrogens is 508 g/mol. The number of nitrogens with one attached hydrogen (secondary N) is 2. The van der Waals surface area contributed by atoms with E-state index in [0.717, 1.165) is 25.7 Å². The molecule has 3 heterocycles. The molecule has 4 aliphatic rings. The van der Waals surface area contributed by atoms with Gasteiger partial charge < -0.3 is 36.0 Å². The first-order chi connectivity index (χ1) is 18.5. The maximum atomic E-state index is 14.1. The standard InChI is InChI=1S/C26H34N6O7/c1-13-3-8-16-21(28-13)39-26(24(36)29-16)11-19(20(27)33)32(12-26)23(35)18(10-15-6-7-15)31(2)22(34)17(30-25(37)38)9-14-4-5-14/h3,8,14-15,17-19,30H,4-7,9-12H2,1-2H3,(H2,27,33)(H,29,36)(H,37,38)/t17-,18-,19-,26?/m0/s1. The van der Waals surface area contributed by atoms with Crippen molar-refractivity contribution in [3.8, 4) is 5.88 Å². The van der Waals surface area contributed by atoms with Crippen LogP contribution in [0, 0.1) is 18.8 Å². The minimum absolute atomic E-state index is 0.159.